The summed E-state index contributed by atoms with van der Waals surface area (Å²) in [6.45, 7) is 2.21. The first-order chi connectivity index (χ1) is 12.0. The zero-order valence-electron chi connectivity index (χ0n) is 14.2. The minimum absolute atomic E-state index is 0.0512. The predicted molar refractivity (Wildman–Crippen MR) is 93.8 cm³/mol. The predicted octanol–water partition coefficient (Wildman–Crippen LogP) is 1.22. The van der Waals surface area contributed by atoms with Gasteiger partial charge in [0, 0.05) is 38.3 Å². The van der Waals surface area contributed by atoms with Crippen molar-refractivity contribution in [2.45, 2.75) is 32.2 Å². The molecule has 0 spiro atoms. The van der Waals surface area contributed by atoms with E-state index in [1.54, 1.807) is 4.90 Å². The molecule has 0 unspecified atom stereocenters. The second-order valence-electron chi connectivity index (χ2n) is 6.66. The van der Waals surface area contributed by atoms with Gasteiger partial charge < -0.3 is 20.9 Å². The average Bonchev–Trinajstić information content (AvgIpc) is 3.06. The summed E-state index contributed by atoms with van der Waals surface area (Å²) in [5.41, 5.74) is 7.18. The van der Waals surface area contributed by atoms with Crippen LogP contribution in [0.25, 0.3) is 0 Å². The van der Waals surface area contributed by atoms with Gasteiger partial charge in [0.15, 0.2) is 0 Å². The van der Waals surface area contributed by atoms with E-state index in [2.05, 4.69) is 5.32 Å². The molecule has 0 saturated carbocycles. The number of anilines is 1. The van der Waals surface area contributed by atoms with E-state index in [1.807, 2.05) is 24.3 Å². The van der Waals surface area contributed by atoms with Gasteiger partial charge in [0.2, 0.25) is 11.8 Å². The van der Waals surface area contributed by atoms with Crippen LogP contribution in [0.3, 0.4) is 0 Å². The summed E-state index contributed by atoms with van der Waals surface area (Å²) >= 11 is 0. The van der Waals surface area contributed by atoms with Gasteiger partial charge in [-0.25, -0.2) is 4.79 Å². The zero-order chi connectivity index (χ0) is 17.8. The number of urea groups is 1. The number of nitrogens with two attached hydrogens (primary N) is 1. The molecule has 0 radical (unpaired) electrons. The molecule has 2 heterocycles. The topological polar surface area (TPSA) is 95.7 Å². The summed E-state index contributed by atoms with van der Waals surface area (Å²) in [5.74, 6) is -0.0927. The van der Waals surface area contributed by atoms with Crippen LogP contribution < -0.4 is 16.0 Å². The molecule has 0 aliphatic carbocycles. The van der Waals surface area contributed by atoms with Crippen LogP contribution in [-0.2, 0) is 16.1 Å². The Morgan fingerprint density at radius 3 is 2.56 bits per heavy atom. The molecule has 1 aromatic rings. The number of hydrogen-bond donors (Lipinski definition) is 2. The molecule has 4 amide bonds. The normalized spacial score (nSPS) is 20.6. The van der Waals surface area contributed by atoms with Crippen molar-refractivity contribution >= 4 is 23.5 Å². The lowest BCUT2D eigenvalue weighted by molar-refractivity contribution is -0.126. The van der Waals surface area contributed by atoms with Crippen molar-refractivity contribution in [1.82, 2.24) is 10.2 Å². The largest absolute Gasteiger partial charge is 0.352 e. The molecule has 0 aromatic heterocycles. The molecule has 2 aliphatic rings. The number of nitrogens with one attached hydrogen (secondary N) is 1. The van der Waals surface area contributed by atoms with Crippen molar-refractivity contribution in [3.8, 4) is 0 Å². The summed E-state index contributed by atoms with van der Waals surface area (Å²) in [4.78, 5) is 38.6. The maximum Gasteiger partial charge on any atom is 0.314 e. The van der Waals surface area contributed by atoms with Gasteiger partial charge in [-0.15, -0.1) is 0 Å². The maximum absolute atomic E-state index is 12.3. The average molecular weight is 344 g/mol. The highest BCUT2D eigenvalue weighted by atomic mass is 16.2. The summed E-state index contributed by atoms with van der Waals surface area (Å²) in [7, 11) is 0. The van der Waals surface area contributed by atoms with Crippen LogP contribution in [0.1, 0.15) is 31.2 Å². The van der Waals surface area contributed by atoms with Crippen LogP contribution in [0.5, 0.6) is 0 Å². The molecule has 1 atom stereocenters. The molecule has 3 rings (SSSR count). The highest BCUT2D eigenvalue weighted by Gasteiger charge is 2.27. The third-order valence-electron chi connectivity index (χ3n) is 4.89. The minimum atomic E-state index is -0.468. The highest BCUT2D eigenvalue weighted by molar-refractivity contribution is 5.95. The van der Waals surface area contributed by atoms with Gasteiger partial charge >= 0.3 is 6.03 Å². The first kappa shape index (κ1) is 17.3. The van der Waals surface area contributed by atoms with Crippen molar-refractivity contribution in [2.75, 3.05) is 24.5 Å². The standard InChI is InChI=1S/C18H24N4O3/c19-18(25)21-9-1-3-14(12-21)17(24)20-11-13-5-7-15(8-6-13)22-10-2-4-16(22)23/h5-8,14H,1-4,9-12H2,(H2,19,25)(H,20,24)/t14-/m0/s1. The number of hydrogen-bond acceptors (Lipinski definition) is 3. The molecule has 7 nitrogen and oxygen atoms in total. The number of amides is 4. The van der Waals surface area contributed by atoms with Crippen molar-refractivity contribution in [2.24, 2.45) is 11.7 Å². The molecule has 2 saturated heterocycles. The second-order valence-corrected chi connectivity index (χ2v) is 6.66. The van der Waals surface area contributed by atoms with Gasteiger partial charge in [-0.1, -0.05) is 12.1 Å². The Kier molecular flexibility index (Phi) is 5.21. The minimum Gasteiger partial charge on any atom is -0.352 e. The number of nitrogens with zero attached hydrogens (tertiary/aromatic N) is 2. The van der Waals surface area contributed by atoms with Gasteiger partial charge in [0.05, 0.1) is 5.92 Å². The number of carbonyl (C=O) groups is 3. The summed E-state index contributed by atoms with van der Waals surface area (Å²) in [5, 5.41) is 2.93. The fraction of sp³-hybridized carbons (Fsp3) is 0.500. The lowest BCUT2D eigenvalue weighted by Gasteiger charge is -2.30. The van der Waals surface area contributed by atoms with Crippen molar-refractivity contribution in [1.29, 1.82) is 0 Å². The Balaban J connectivity index is 1.52. The summed E-state index contributed by atoms with van der Waals surface area (Å²) in [6.07, 6.45) is 3.08. The quantitative estimate of drug-likeness (QED) is 0.859. The van der Waals surface area contributed by atoms with E-state index in [4.69, 9.17) is 5.73 Å². The number of carbonyl (C=O) groups excluding carboxylic acids is 3. The molecular weight excluding hydrogens is 320 g/mol. The van der Waals surface area contributed by atoms with E-state index in [0.717, 1.165) is 37.1 Å². The van der Waals surface area contributed by atoms with E-state index in [0.29, 0.717) is 26.1 Å². The summed E-state index contributed by atoms with van der Waals surface area (Å²) < 4.78 is 0. The van der Waals surface area contributed by atoms with Gasteiger partial charge in [0.25, 0.3) is 0 Å². The fourth-order valence-corrected chi connectivity index (χ4v) is 3.44. The van der Waals surface area contributed by atoms with Crippen LogP contribution in [0.15, 0.2) is 24.3 Å². The van der Waals surface area contributed by atoms with Crippen LogP contribution in [0.4, 0.5) is 10.5 Å². The van der Waals surface area contributed by atoms with Gasteiger partial charge in [0.1, 0.15) is 0 Å². The first-order valence-electron chi connectivity index (χ1n) is 8.76. The SMILES string of the molecule is NC(=O)N1CCC[C@H](C(=O)NCc2ccc(N3CCCC3=O)cc2)C1. The number of primary amides is 1. The van der Waals surface area contributed by atoms with E-state index >= 15 is 0 Å². The number of likely N-dealkylation sites (tertiary alicyclic amines) is 1. The molecule has 0 bridgehead atoms. The van der Waals surface area contributed by atoms with Crippen LogP contribution in [0.2, 0.25) is 0 Å². The monoisotopic (exact) mass is 344 g/mol. The highest BCUT2D eigenvalue weighted by Crippen LogP contribution is 2.22. The van der Waals surface area contributed by atoms with E-state index in [1.165, 1.54) is 4.90 Å². The molecule has 3 N–H and O–H groups in total. The molecule has 1 aromatic carbocycles. The maximum atomic E-state index is 12.3. The fourth-order valence-electron chi connectivity index (χ4n) is 3.44. The van der Waals surface area contributed by atoms with Gasteiger partial charge in [-0.2, -0.15) is 0 Å². The Morgan fingerprint density at radius 2 is 1.92 bits per heavy atom. The van der Waals surface area contributed by atoms with E-state index in [-0.39, 0.29) is 17.7 Å². The zero-order valence-corrected chi connectivity index (χ0v) is 14.2. The van der Waals surface area contributed by atoms with E-state index < -0.39 is 6.03 Å². The van der Waals surface area contributed by atoms with Crippen molar-refractivity contribution in [3.63, 3.8) is 0 Å². The Hall–Kier alpha value is -2.57. The second kappa shape index (κ2) is 7.55. The van der Waals surface area contributed by atoms with Gasteiger partial charge in [-0.3, -0.25) is 9.59 Å². The van der Waals surface area contributed by atoms with Crippen LogP contribution in [0, 0.1) is 5.92 Å². The molecule has 2 aliphatic heterocycles. The Morgan fingerprint density at radius 1 is 1.16 bits per heavy atom. The third-order valence-corrected chi connectivity index (χ3v) is 4.89. The molecule has 2 fully saturated rings. The van der Waals surface area contributed by atoms with Crippen molar-refractivity contribution < 1.29 is 14.4 Å². The lowest BCUT2D eigenvalue weighted by Crippen LogP contribution is -2.47. The number of rotatable bonds is 4. The number of benzene rings is 1. The Labute approximate surface area is 147 Å². The molecular formula is C18H24N4O3. The Bertz CT molecular complexity index is 659. The summed E-state index contributed by atoms with van der Waals surface area (Å²) in [6, 6.07) is 7.22. The number of piperidine rings is 1. The van der Waals surface area contributed by atoms with Crippen molar-refractivity contribution in [3.05, 3.63) is 29.8 Å². The van der Waals surface area contributed by atoms with E-state index in [9.17, 15) is 14.4 Å². The van der Waals surface area contributed by atoms with Crippen LogP contribution >= 0.6 is 0 Å². The molecule has 25 heavy (non-hydrogen) atoms. The smallest absolute Gasteiger partial charge is 0.314 e. The van der Waals surface area contributed by atoms with Crippen LogP contribution in [-0.4, -0.2) is 42.4 Å². The third kappa shape index (κ3) is 4.10. The first-order valence-corrected chi connectivity index (χ1v) is 8.76. The molecule has 134 valence electrons. The molecule has 7 heteroatoms. The van der Waals surface area contributed by atoms with Gasteiger partial charge in [-0.05, 0) is 37.0 Å². The lowest BCUT2D eigenvalue weighted by atomic mass is 9.97.